The molecule has 5 heteroatoms. The molecule has 0 saturated heterocycles. The van der Waals surface area contributed by atoms with E-state index in [1.54, 1.807) is 18.2 Å². The molecule has 1 aromatic carbocycles. The first-order valence-corrected chi connectivity index (χ1v) is 6.74. The maximum Gasteiger partial charge on any atom is 0.417 e. The molecule has 0 unspecified atom stereocenters. The normalized spacial score (nSPS) is 21.3. The van der Waals surface area contributed by atoms with Crippen molar-refractivity contribution in [3.63, 3.8) is 0 Å². The zero-order chi connectivity index (χ0) is 15.4. The number of benzene rings is 1. The lowest BCUT2D eigenvalue weighted by Crippen LogP contribution is -2.38. The molecule has 3 rings (SSSR count). The second-order valence-corrected chi connectivity index (χ2v) is 5.78. The van der Waals surface area contributed by atoms with Gasteiger partial charge in [-0.05, 0) is 32.0 Å². The Balaban J connectivity index is 2.30. The van der Waals surface area contributed by atoms with Crippen molar-refractivity contribution in [1.82, 2.24) is 4.57 Å². The van der Waals surface area contributed by atoms with Crippen molar-refractivity contribution in [3.8, 4) is 0 Å². The Kier molecular flexibility index (Phi) is 2.95. The summed E-state index contributed by atoms with van der Waals surface area (Å²) in [5.41, 5.74) is 0.0853. The molecule has 1 aliphatic heterocycles. The van der Waals surface area contributed by atoms with Gasteiger partial charge in [0.2, 0.25) is 0 Å². The topological polar surface area (TPSA) is 14.2 Å². The SMILES string of the molecule is C=C[C@H]1Cn2c(cc3c(C(F)(F)F)cccc32)C(C)(C)O1. The van der Waals surface area contributed by atoms with Crippen LogP contribution in [0.15, 0.2) is 36.9 Å². The molecule has 1 atom stereocenters. The molecule has 0 saturated carbocycles. The van der Waals surface area contributed by atoms with Gasteiger partial charge in [0.25, 0.3) is 0 Å². The lowest BCUT2D eigenvalue weighted by molar-refractivity contribution is -0.136. The van der Waals surface area contributed by atoms with Crippen LogP contribution < -0.4 is 0 Å². The molecule has 1 aromatic heterocycles. The van der Waals surface area contributed by atoms with E-state index in [0.717, 1.165) is 11.8 Å². The maximum atomic E-state index is 13.2. The van der Waals surface area contributed by atoms with Gasteiger partial charge < -0.3 is 9.30 Å². The standard InChI is InChI=1S/C16H16F3NO/c1-4-10-9-20-13-7-5-6-12(16(17,18)19)11(13)8-14(20)15(2,3)21-10/h4-8,10H,1,9H2,2-3H3/t10-/m0/s1. The third-order valence-corrected chi connectivity index (χ3v) is 3.94. The monoisotopic (exact) mass is 295 g/mol. The second-order valence-electron chi connectivity index (χ2n) is 5.78. The molecule has 0 aliphatic carbocycles. The molecular weight excluding hydrogens is 279 g/mol. The lowest BCUT2D eigenvalue weighted by Gasteiger charge is -2.36. The smallest absolute Gasteiger partial charge is 0.360 e. The van der Waals surface area contributed by atoms with E-state index < -0.39 is 17.3 Å². The summed E-state index contributed by atoms with van der Waals surface area (Å²) in [6.45, 7) is 7.93. The van der Waals surface area contributed by atoms with E-state index in [1.807, 2.05) is 18.4 Å². The average molecular weight is 295 g/mol. The van der Waals surface area contributed by atoms with Crippen LogP contribution in [0.5, 0.6) is 0 Å². The number of rotatable bonds is 1. The number of nitrogens with zero attached hydrogens (tertiary/aromatic N) is 1. The van der Waals surface area contributed by atoms with Gasteiger partial charge in [-0.2, -0.15) is 13.2 Å². The average Bonchev–Trinajstić information content (AvgIpc) is 2.76. The Morgan fingerprint density at radius 3 is 2.71 bits per heavy atom. The fourth-order valence-electron chi connectivity index (χ4n) is 3.01. The van der Waals surface area contributed by atoms with Crippen LogP contribution in [0.2, 0.25) is 0 Å². The molecule has 21 heavy (non-hydrogen) atoms. The highest BCUT2D eigenvalue weighted by Gasteiger charge is 2.38. The molecule has 0 bridgehead atoms. The van der Waals surface area contributed by atoms with Gasteiger partial charge in [-0.25, -0.2) is 0 Å². The van der Waals surface area contributed by atoms with E-state index in [-0.39, 0.29) is 11.5 Å². The van der Waals surface area contributed by atoms with Gasteiger partial charge in [0.1, 0.15) is 5.60 Å². The van der Waals surface area contributed by atoms with Crippen molar-refractivity contribution in [1.29, 1.82) is 0 Å². The van der Waals surface area contributed by atoms with Crippen molar-refractivity contribution in [2.45, 2.75) is 38.3 Å². The summed E-state index contributed by atoms with van der Waals surface area (Å²) in [6.07, 6.45) is -2.89. The lowest BCUT2D eigenvalue weighted by atomic mass is 10.0. The Morgan fingerprint density at radius 2 is 2.10 bits per heavy atom. The van der Waals surface area contributed by atoms with Crippen LogP contribution >= 0.6 is 0 Å². The quantitative estimate of drug-likeness (QED) is 0.708. The van der Waals surface area contributed by atoms with Crippen molar-refractivity contribution in [2.75, 3.05) is 0 Å². The van der Waals surface area contributed by atoms with Gasteiger partial charge in [-0.3, -0.25) is 0 Å². The van der Waals surface area contributed by atoms with Gasteiger partial charge in [-0.15, -0.1) is 6.58 Å². The summed E-state index contributed by atoms with van der Waals surface area (Å²) >= 11 is 0. The van der Waals surface area contributed by atoms with Crippen LogP contribution in [0.1, 0.15) is 25.1 Å². The molecule has 112 valence electrons. The first-order valence-electron chi connectivity index (χ1n) is 6.74. The van der Waals surface area contributed by atoms with Gasteiger partial charge in [-0.1, -0.05) is 12.1 Å². The molecule has 0 amide bonds. The Hall–Kier alpha value is -1.75. The van der Waals surface area contributed by atoms with Crippen molar-refractivity contribution in [3.05, 3.63) is 48.2 Å². The van der Waals surface area contributed by atoms with Gasteiger partial charge in [0.05, 0.1) is 23.9 Å². The van der Waals surface area contributed by atoms with Crippen LogP contribution in [0.3, 0.4) is 0 Å². The van der Waals surface area contributed by atoms with Crippen LogP contribution in [-0.4, -0.2) is 10.7 Å². The molecule has 2 nitrogen and oxygen atoms in total. The fourth-order valence-corrected chi connectivity index (χ4v) is 3.01. The first kappa shape index (κ1) is 14.2. The predicted octanol–water partition coefficient (Wildman–Crippen LogP) is 4.48. The van der Waals surface area contributed by atoms with Crippen molar-refractivity contribution >= 4 is 10.9 Å². The van der Waals surface area contributed by atoms with E-state index in [9.17, 15) is 13.2 Å². The van der Waals surface area contributed by atoms with Crippen molar-refractivity contribution in [2.24, 2.45) is 0 Å². The number of hydrogen-bond donors (Lipinski definition) is 0. The van der Waals surface area contributed by atoms with Gasteiger partial charge in [0.15, 0.2) is 0 Å². The number of hydrogen-bond acceptors (Lipinski definition) is 1. The third kappa shape index (κ3) is 2.16. The van der Waals surface area contributed by atoms with Crippen LogP contribution in [0.4, 0.5) is 13.2 Å². The van der Waals surface area contributed by atoms with E-state index >= 15 is 0 Å². The van der Waals surface area contributed by atoms with Crippen molar-refractivity contribution < 1.29 is 17.9 Å². The van der Waals surface area contributed by atoms with E-state index in [1.165, 1.54) is 6.07 Å². The highest BCUT2D eigenvalue weighted by atomic mass is 19.4. The van der Waals surface area contributed by atoms with Crippen LogP contribution in [0.25, 0.3) is 10.9 Å². The highest BCUT2D eigenvalue weighted by Crippen LogP contribution is 2.41. The van der Waals surface area contributed by atoms with Gasteiger partial charge in [0, 0.05) is 10.9 Å². The van der Waals surface area contributed by atoms with E-state index in [0.29, 0.717) is 12.1 Å². The summed E-state index contributed by atoms with van der Waals surface area (Å²) in [4.78, 5) is 0. The molecular formula is C16H16F3NO. The van der Waals surface area contributed by atoms with E-state index in [4.69, 9.17) is 4.74 Å². The largest absolute Gasteiger partial charge is 0.417 e. The summed E-state index contributed by atoms with van der Waals surface area (Å²) in [5.74, 6) is 0. The minimum absolute atomic E-state index is 0.211. The number of aromatic nitrogens is 1. The van der Waals surface area contributed by atoms with Gasteiger partial charge >= 0.3 is 6.18 Å². The summed E-state index contributed by atoms with van der Waals surface area (Å²) in [6, 6.07) is 5.88. The zero-order valence-electron chi connectivity index (χ0n) is 11.9. The Morgan fingerprint density at radius 1 is 1.38 bits per heavy atom. The number of fused-ring (bicyclic) bond motifs is 3. The van der Waals surface area contributed by atoms with Crippen LogP contribution in [0, 0.1) is 0 Å². The molecule has 1 aliphatic rings. The molecule has 0 spiro atoms. The summed E-state index contributed by atoms with van der Waals surface area (Å²) < 4.78 is 47.3. The Labute approximate surface area is 120 Å². The predicted molar refractivity (Wildman–Crippen MR) is 75.0 cm³/mol. The third-order valence-electron chi connectivity index (χ3n) is 3.94. The number of ether oxygens (including phenoxy) is 1. The van der Waals surface area contributed by atoms with Crippen LogP contribution in [-0.2, 0) is 23.1 Å². The second kappa shape index (κ2) is 4.37. The first-order chi connectivity index (χ1) is 9.74. The zero-order valence-corrected chi connectivity index (χ0v) is 11.9. The minimum Gasteiger partial charge on any atom is -0.360 e. The highest BCUT2D eigenvalue weighted by molar-refractivity contribution is 5.85. The number of alkyl halides is 3. The fraction of sp³-hybridized carbons (Fsp3) is 0.375. The molecule has 0 N–H and O–H groups in total. The molecule has 2 heterocycles. The summed E-state index contributed by atoms with van der Waals surface area (Å²) in [7, 11) is 0. The number of halogens is 3. The van der Waals surface area contributed by atoms with E-state index in [2.05, 4.69) is 6.58 Å². The summed E-state index contributed by atoms with van der Waals surface area (Å²) in [5, 5.41) is 0.224. The molecule has 2 aromatic rings. The Bertz CT molecular complexity index is 712. The molecule has 0 radical (unpaired) electrons. The maximum absolute atomic E-state index is 13.2. The minimum atomic E-state index is -4.36. The molecule has 0 fully saturated rings.